The molecule has 0 bridgehead atoms. The molecule has 2 heterocycles. The number of unbranched alkanes of at least 4 members (excludes halogenated alkanes) is 1. The lowest BCUT2D eigenvalue weighted by Gasteiger charge is -2.21. The van der Waals surface area contributed by atoms with Crippen LogP contribution in [0.1, 0.15) is 37.9 Å². The second kappa shape index (κ2) is 7.45. The first-order valence-corrected chi connectivity index (χ1v) is 6.59. The number of rotatable bonds is 7. The Hall–Kier alpha value is -0.870. The third-order valence-electron chi connectivity index (χ3n) is 3.29. The van der Waals surface area contributed by atoms with Gasteiger partial charge in [0.25, 0.3) is 0 Å². The largest absolute Gasteiger partial charge is 0.381 e. The van der Waals surface area contributed by atoms with Gasteiger partial charge in [-0.1, -0.05) is 12.8 Å². The molecule has 4 nitrogen and oxygen atoms in total. The lowest BCUT2D eigenvalue weighted by atomic mass is 9.94. The number of hydrogen-bond acceptors (Lipinski definition) is 3. The van der Waals surface area contributed by atoms with Crippen molar-refractivity contribution in [2.75, 3.05) is 19.8 Å². The molecule has 96 valence electrons. The van der Waals surface area contributed by atoms with Gasteiger partial charge < -0.3 is 14.5 Å². The summed E-state index contributed by atoms with van der Waals surface area (Å²) in [5.74, 6) is 1.79. The van der Waals surface area contributed by atoms with Crippen molar-refractivity contribution < 1.29 is 9.47 Å². The van der Waals surface area contributed by atoms with E-state index in [2.05, 4.69) is 9.97 Å². The maximum absolute atomic E-state index is 5.55. The van der Waals surface area contributed by atoms with Crippen LogP contribution in [0.5, 0.6) is 0 Å². The van der Waals surface area contributed by atoms with Crippen LogP contribution in [0.3, 0.4) is 0 Å². The molecule has 1 saturated heterocycles. The van der Waals surface area contributed by atoms with E-state index >= 15 is 0 Å². The number of imidazole rings is 1. The van der Waals surface area contributed by atoms with Gasteiger partial charge in [-0.05, 0) is 25.2 Å². The predicted molar refractivity (Wildman–Crippen MR) is 65.6 cm³/mol. The normalized spacial score (nSPS) is 17.4. The molecule has 0 amide bonds. The van der Waals surface area contributed by atoms with Gasteiger partial charge in [0.2, 0.25) is 0 Å². The van der Waals surface area contributed by atoms with E-state index in [1.54, 1.807) is 6.20 Å². The molecule has 1 aliphatic heterocycles. The molecule has 4 heteroatoms. The number of ether oxygens (including phenoxy) is 2. The second-order valence-corrected chi connectivity index (χ2v) is 4.64. The Morgan fingerprint density at radius 3 is 3.00 bits per heavy atom. The van der Waals surface area contributed by atoms with E-state index in [9.17, 15) is 0 Å². The Bertz CT molecular complexity index is 282. The van der Waals surface area contributed by atoms with Crippen LogP contribution in [0, 0.1) is 5.92 Å². The minimum absolute atomic E-state index is 0.601. The average molecular weight is 238 g/mol. The summed E-state index contributed by atoms with van der Waals surface area (Å²) in [5, 5.41) is 0. The molecular weight excluding hydrogens is 216 g/mol. The number of H-pyrrole nitrogens is 1. The van der Waals surface area contributed by atoms with Crippen LogP contribution < -0.4 is 0 Å². The van der Waals surface area contributed by atoms with Gasteiger partial charge in [0.1, 0.15) is 12.4 Å². The molecule has 0 radical (unpaired) electrons. The fourth-order valence-electron chi connectivity index (χ4n) is 2.22. The first-order chi connectivity index (χ1) is 8.45. The molecule has 0 spiro atoms. The van der Waals surface area contributed by atoms with E-state index < -0.39 is 0 Å². The fraction of sp³-hybridized carbons (Fsp3) is 0.769. The summed E-state index contributed by atoms with van der Waals surface area (Å²) in [6, 6.07) is 0. The topological polar surface area (TPSA) is 47.1 Å². The number of nitrogens with zero attached hydrogens (tertiary/aromatic N) is 1. The lowest BCUT2D eigenvalue weighted by Crippen LogP contribution is -2.15. The van der Waals surface area contributed by atoms with Gasteiger partial charge in [-0.25, -0.2) is 4.98 Å². The molecule has 17 heavy (non-hydrogen) atoms. The van der Waals surface area contributed by atoms with E-state index in [-0.39, 0.29) is 0 Å². The van der Waals surface area contributed by atoms with Gasteiger partial charge in [0.15, 0.2) is 0 Å². The summed E-state index contributed by atoms with van der Waals surface area (Å²) in [5.41, 5.74) is 0. The molecule has 1 N–H and O–H groups in total. The van der Waals surface area contributed by atoms with Gasteiger partial charge in [-0.2, -0.15) is 0 Å². The first-order valence-electron chi connectivity index (χ1n) is 6.59. The molecule has 1 aromatic rings. The zero-order valence-corrected chi connectivity index (χ0v) is 10.4. The molecule has 1 fully saturated rings. The Labute approximate surface area is 103 Å². The van der Waals surface area contributed by atoms with E-state index in [1.165, 1.54) is 25.7 Å². The van der Waals surface area contributed by atoms with Gasteiger partial charge in [0.05, 0.1) is 0 Å². The van der Waals surface area contributed by atoms with E-state index in [1.807, 2.05) is 6.20 Å². The van der Waals surface area contributed by atoms with Crippen LogP contribution in [-0.4, -0.2) is 29.8 Å². The van der Waals surface area contributed by atoms with Crippen LogP contribution in [-0.2, 0) is 16.1 Å². The van der Waals surface area contributed by atoms with Crippen LogP contribution in [0.4, 0.5) is 0 Å². The highest BCUT2D eigenvalue weighted by molar-refractivity contribution is 4.83. The van der Waals surface area contributed by atoms with Crippen molar-refractivity contribution in [2.45, 2.75) is 38.7 Å². The Balaban J connectivity index is 1.43. The Morgan fingerprint density at radius 2 is 2.24 bits per heavy atom. The average Bonchev–Trinajstić information content (AvgIpc) is 2.88. The van der Waals surface area contributed by atoms with E-state index in [0.29, 0.717) is 6.61 Å². The zero-order valence-electron chi connectivity index (χ0n) is 10.4. The molecule has 0 aromatic carbocycles. The second-order valence-electron chi connectivity index (χ2n) is 4.64. The number of nitrogens with one attached hydrogen (secondary N) is 1. The summed E-state index contributed by atoms with van der Waals surface area (Å²) in [6.45, 7) is 3.35. The maximum Gasteiger partial charge on any atom is 0.132 e. The quantitative estimate of drug-likeness (QED) is 0.742. The summed E-state index contributed by atoms with van der Waals surface area (Å²) in [7, 11) is 0. The highest BCUT2D eigenvalue weighted by atomic mass is 16.5. The third-order valence-corrected chi connectivity index (χ3v) is 3.29. The lowest BCUT2D eigenvalue weighted by molar-refractivity contribution is 0.0611. The minimum Gasteiger partial charge on any atom is -0.381 e. The predicted octanol–water partition coefficient (Wildman–Crippen LogP) is 2.52. The summed E-state index contributed by atoms with van der Waals surface area (Å²) in [6.07, 6.45) is 9.81. The number of aromatic nitrogens is 2. The molecule has 1 aliphatic rings. The van der Waals surface area contributed by atoms with Crippen LogP contribution >= 0.6 is 0 Å². The summed E-state index contributed by atoms with van der Waals surface area (Å²) >= 11 is 0. The van der Waals surface area contributed by atoms with Crippen LogP contribution in [0.15, 0.2) is 12.4 Å². The smallest absolute Gasteiger partial charge is 0.132 e. The molecule has 2 rings (SSSR count). The summed E-state index contributed by atoms with van der Waals surface area (Å²) in [4.78, 5) is 7.14. The van der Waals surface area contributed by atoms with E-state index in [4.69, 9.17) is 9.47 Å². The monoisotopic (exact) mass is 238 g/mol. The van der Waals surface area contributed by atoms with Crippen molar-refractivity contribution in [3.8, 4) is 0 Å². The zero-order chi connectivity index (χ0) is 11.8. The van der Waals surface area contributed by atoms with Crippen LogP contribution in [0.25, 0.3) is 0 Å². The van der Waals surface area contributed by atoms with Crippen molar-refractivity contribution in [1.29, 1.82) is 0 Å². The number of hydrogen-bond donors (Lipinski definition) is 1. The molecular formula is C13H22N2O2. The Morgan fingerprint density at radius 1 is 1.35 bits per heavy atom. The van der Waals surface area contributed by atoms with E-state index in [0.717, 1.165) is 38.0 Å². The third kappa shape index (κ3) is 4.88. The van der Waals surface area contributed by atoms with Crippen LogP contribution in [0.2, 0.25) is 0 Å². The van der Waals surface area contributed by atoms with Gasteiger partial charge >= 0.3 is 0 Å². The molecule has 1 aromatic heterocycles. The first kappa shape index (κ1) is 12.6. The van der Waals surface area contributed by atoms with Gasteiger partial charge in [-0.3, -0.25) is 0 Å². The van der Waals surface area contributed by atoms with Crippen molar-refractivity contribution in [3.05, 3.63) is 18.2 Å². The van der Waals surface area contributed by atoms with Crippen molar-refractivity contribution in [1.82, 2.24) is 9.97 Å². The van der Waals surface area contributed by atoms with Gasteiger partial charge in [0, 0.05) is 32.2 Å². The molecule has 0 saturated carbocycles. The van der Waals surface area contributed by atoms with Crippen molar-refractivity contribution >= 4 is 0 Å². The SMILES string of the molecule is c1c[nH]c(COCCCCC2CCOCC2)n1. The number of aromatic amines is 1. The minimum atomic E-state index is 0.601. The van der Waals surface area contributed by atoms with Crippen molar-refractivity contribution in [3.63, 3.8) is 0 Å². The maximum atomic E-state index is 5.55. The Kier molecular flexibility index (Phi) is 5.52. The molecule has 0 aliphatic carbocycles. The van der Waals surface area contributed by atoms with Gasteiger partial charge in [-0.15, -0.1) is 0 Å². The molecule has 0 unspecified atom stereocenters. The summed E-state index contributed by atoms with van der Waals surface area (Å²) < 4.78 is 10.9. The van der Waals surface area contributed by atoms with Crippen molar-refractivity contribution in [2.24, 2.45) is 5.92 Å². The highest BCUT2D eigenvalue weighted by Crippen LogP contribution is 2.20. The highest BCUT2D eigenvalue weighted by Gasteiger charge is 2.12. The fourth-order valence-corrected chi connectivity index (χ4v) is 2.22. The molecule has 0 atom stereocenters. The standard InChI is InChI=1S/C13H22N2O2/c1(3-12-4-9-16-10-5-12)2-8-17-11-13-14-6-7-15-13/h6-7,12H,1-5,8-11H2,(H,14,15).